The number of azo groups is 1. The van der Waals surface area contributed by atoms with Gasteiger partial charge < -0.3 is 15.5 Å². The number of phenolic OH excluding ortho intramolecular Hbond substituents is 1. The number of aliphatic hydroxyl groups is 1. The molecule has 3 N–H and O–H groups in total. The van der Waals surface area contributed by atoms with E-state index in [1.165, 1.54) is 19.1 Å². The van der Waals surface area contributed by atoms with E-state index in [0.29, 0.717) is 5.69 Å². The zero-order valence-electron chi connectivity index (χ0n) is 11.9. The summed E-state index contributed by atoms with van der Waals surface area (Å²) in [5.74, 6) is -0.928. The van der Waals surface area contributed by atoms with Gasteiger partial charge in [0.25, 0.3) is 5.91 Å². The molecule has 22 heavy (non-hydrogen) atoms. The summed E-state index contributed by atoms with van der Waals surface area (Å²) in [6.07, 6.45) is 0. The summed E-state index contributed by atoms with van der Waals surface area (Å²) in [5, 5.41) is 29.3. The topological polar surface area (TPSA) is 94.3 Å². The normalized spacial score (nSPS) is 12.0. The van der Waals surface area contributed by atoms with E-state index < -0.39 is 5.91 Å². The summed E-state index contributed by atoms with van der Waals surface area (Å²) >= 11 is 0. The Morgan fingerprint density at radius 3 is 2.32 bits per heavy atom. The number of nitrogens with one attached hydrogen (secondary N) is 1. The number of nitrogens with zero attached hydrogens (tertiary/aromatic N) is 2. The quantitative estimate of drug-likeness (QED) is 0.453. The van der Waals surface area contributed by atoms with Crippen LogP contribution in [-0.4, -0.2) is 16.1 Å². The van der Waals surface area contributed by atoms with Gasteiger partial charge in [-0.2, -0.15) is 0 Å². The number of hydrogen-bond acceptors (Lipinski definition) is 5. The van der Waals surface area contributed by atoms with Gasteiger partial charge in [0, 0.05) is 5.69 Å². The number of hydrogen-bond donors (Lipinski definition) is 3. The monoisotopic (exact) mass is 297 g/mol. The van der Waals surface area contributed by atoms with Crippen molar-refractivity contribution in [2.75, 3.05) is 5.32 Å². The van der Waals surface area contributed by atoms with Crippen LogP contribution in [-0.2, 0) is 4.79 Å². The molecule has 0 aliphatic heterocycles. The van der Waals surface area contributed by atoms with Crippen LogP contribution in [0.2, 0.25) is 0 Å². The van der Waals surface area contributed by atoms with Gasteiger partial charge in [-0.1, -0.05) is 30.3 Å². The van der Waals surface area contributed by atoms with Crippen molar-refractivity contribution in [1.29, 1.82) is 0 Å². The number of carbonyl (C=O) groups excluding carboxylic acids is 1. The first-order valence-electron chi connectivity index (χ1n) is 6.54. The number of carbonyl (C=O) groups is 1. The van der Waals surface area contributed by atoms with E-state index in [0.717, 1.165) is 0 Å². The molecule has 1 amide bonds. The fourth-order valence-electron chi connectivity index (χ4n) is 1.65. The number of phenols is 1. The van der Waals surface area contributed by atoms with Crippen molar-refractivity contribution in [1.82, 2.24) is 0 Å². The largest absolute Gasteiger partial charge is 0.510 e. The lowest BCUT2D eigenvalue weighted by Crippen LogP contribution is -2.14. The lowest BCUT2D eigenvalue weighted by atomic mass is 10.3. The van der Waals surface area contributed by atoms with Crippen LogP contribution in [0, 0.1) is 0 Å². The second-order valence-electron chi connectivity index (χ2n) is 4.44. The molecule has 112 valence electrons. The molecule has 6 heteroatoms. The first-order valence-corrected chi connectivity index (χ1v) is 6.54. The van der Waals surface area contributed by atoms with Gasteiger partial charge in [0.1, 0.15) is 17.2 Å². The third kappa shape index (κ3) is 3.92. The number of allylic oxidation sites excluding steroid dienone is 1. The van der Waals surface area contributed by atoms with Crippen molar-refractivity contribution in [3.05, 3.63) is 66.1 Å². The summed E-state index contributed by atoms with van der Waals surface area (Å²) in [6, 6.07) is 15.1. The molecular weight excluding hydrogens is 282 g/mol. The van der Waals surface area contributed by atoms with Gasteiger partial charge in [0.15, 0.2) is 5.70 Å². The average molecular weight is 297 g/mol. The van der Waals surface area contributed by atoms with E-state index >= 15 is 0 Å². The molecule has 0 heterocycles. The molecule has 0 unspecified atom stereocenters. The number of aromatic hydroxyl groups is 1. The fraction of sp³-hybridized carbons (Fsp3) is 0.0625. The maximum atomic E-state index is 12.1. The van der Waals surface area contributed by atoms with Crippen LogP contribution < -0.4 is 5.32 Å². The highest BCUT2D eigenvalue weighted by Crippen LogP contribution is 2.26. The van der Waals surface area contributed by atoms with Crippen LogP contribution in [0.25, 0.3) is 0 Å². The van der Waals surface area contributed by atoms with E-state index in [1.807, 2.05) is 6.07 Å². The van der Waals surface area contributed by atoms with E-state index in [9.17, 15) is 15.0 Å². The number of rotatable bonds is 4. The number of amides is 1. The Kier molecular flexibility index (Phi) is 4.87. The summed E-state index contributed by atoms with van der Waals surface area (Å²) in [6.45, 7) is 1.34. The van der Waals surface area contributed by atoms with E-state index in [1.54, 1.807) is 36.4 Å². The van der Waals surface area contributed by atoms with Gasteiger partial charge in [-0.15, -0.1) is 10.2 Å². The Morgan fingerprint density at radius 1 is 1.05 bits per heavy atom. The molecule has 6 nitrogen and oxygen atoms in total. The Balaban J connectivity index is 2.19. The van der Waals surface area contributed by atoms with Crippen molar-refractivity contribution in [2.24, 2.45) is 10.2 Å². The molecule has 0 aromatic heterocycles. The van der Waals surface area contributed by atoms with Crippen molar-refractivity contribution < 1.29 is 15.0 Å². The zero-order valence-corrected chi connectivity index (χ0v) is 11.9. The number of benzene rings is 2. The SMILES string of the molecule is CC(O)=C(N=Nc1ccccc1O)C(=O)Nc1ccccc1. The third-order valence-electron chi connectivity index (χ3n) is 2.73. The van der Waals surface area contributed by atoms with Crippen LogP contribution in [0.3, 0.4) is 0 Å². The fourth-order valence-corrected chi connectivity index (χ4v) is 1.65. The second-order valence-corrected chi connectivity index (χ2v) is 4.44. The van der Waals surface area contributed by atoms with Gasteiger partial charge in [0.05, 0.1) is 0 Å². The van der Waals surface area contributed by atoms with Gasteiger partial charge in [-0.3, -0.25) is 4.79 Å². The Bertz CT molecular complexity index is 720. The van der Waals surface area contributed by atoms with Crippen LogP contribution >= 0.6 is 0 Å². The van der Waals surface area contributed by atoms with E-state index in [4.69, 9.17) is 0 Å². The Hall–Kier alpha value is -3.15. The maximum Gasteiger partial charge on any atom is 0.279 e. The van der Waals surface area contributed by atoms with Gasteiger partial charge in [-0.05, 0) is 31.2 Å². The minimum Gasteiger partial charge on any atom is -0.510 e. The molecule has 0 atom stereocenters. The van der Waals surface area contributed by atoms with Crippen LogP contribution in [0.4, 0.5) is 11.4 Å². The predicted molar refractivity (Wildman–Crippen MR) is 83.0 cm³/mol. The number of para-hydroxylation sites is 2. The molecule has 0 bridgehead atoms. The minimum absolute atomic E-state index is 0.0651. The molecule has 2 rings (SSSR count). The second kappa shape index (κ2) is 7.03. The molecule has 0 saturated carbocycles. The predicted octanol–water partition coefficient (Wildman–Crippen LogP) is 3.90. The molecule has 2 aromatic rings. The first kappa shape index (κ1) is 15.2. The van der Waals surface area contributed by atoms with E-state index in [2.05, 4.69) is 15.5 Å². The summed E-state index contributed by atoms with van der Waals surface area (Å²) in [5.41, 5.74) is 0.546. The smallest absolute Gasteiger partial charge is 0.279 e. The summed E-state index contributed by atoms with van der Waals surface area (Å²) in [4.78, 5) is 12.1. The number of anilines is 1. The first-order chi connectivity index (χ1) is 10.6. The van der Waals surface area contributed by atoms with Crippen LogP contribution in [0.15, 0.2) is 76.3 Å². The van der Waals surface area contributed by atoms with Crippen molar-refractivity contribution in [3.63, 3.8) is 0 Å². The third-order valence-corrected chi connectivity index (χ3v) is 2.73. The average Bonchev–Trinajstić information content (AvgIpc) is 2.50. The summed E-state index contributed by atoms with van der Waals surface area (Å²) < 4.78 is 0. The maximum absolute atomic E-state index is 12.1. The molecular formula is C16H15N3O3. The highest BCUT2D eigenvalue weighted by Gasteiger charge is 2.13. The van der Waals surface area contributed by atoms with Crippen LogP contribution in [0.5, 0.6) is 5.75 Å². The minimum atomic E-state index is -0.592. The van der Waals surface area contributed by atoms with Crippen LogP contribution in [0.1, 0.15) is 6.92 Å². The number of aliphatic hydroxyl groups excluding tert-OH is 1. The van der Waals surface area contributed by atoms with E-state index in [-0.39, 0.29) is 22.9 Å². The molecule has 2 aromatic carbocycles. The molecule has 0 aliphatic carbocycles. The standard InChI is InChI=1S/C16H15N3O3/c1-11(20)15(16(22)17-12-7-3-2-4-8-12)19-18-13-9-5-6-10-14(13)21/h2-10,20-21H,1H3,(H,17,22). The molecule has 0 radical (unpaired) electrons. The Labute approximate surface area is 127 Å². The highest BCUT2D eigenvalue weighted by molar-refractivity contribution is 6.03. The summed E-state index contributed by atoms with van der Waals surface area (Å²) in [7, 11) is 0. The lowest BCUT2D eigenvalue weighted by molar-refractivity contribution is -0.113. The van der Waals surface area contributed by atoms with Crippen molar-refractivity contribution in [2.45, 2.75) is 6.92 Å². The Morgan fingerprint density at radius 2 is 1.68 bits per heavy atom. The zero-order chi connectivity index (χ0) is 15.9. The molecule has 0 aliphatic rings. The van der Waals surface area contributed by atoms with Crippen molar-refractivity contribution >= 4 is 17.3 Å². The van der Waals surface area contributed by atoms with Crippen molar-refractivity contribution in [3.8, 4) is 5.75 Å². The molecule has 0 saturated heterocycles. The molecule has 0 spiro atoms. The van der Waals surface area contributed by atoms with Gasteiger partial charge in [0.2, 0.25) is 0 Å². The molecule has 0 fully saturated rings. The van der Waals surface area contributed by atoms with Gasteiger partial charge in [-0.25, -0.2) is 0 Å². The lowest BCUT2D eigenvalue weighted by Gasteiger charge is -2.05. The van der Waals surface area contributed by atoms with Gasteiger partial charge >= 0.3 is 0 Å². The highest BCUT2D eigenvalue weighted by atomic mass is 16.3.